The van der Waals surface area contributed by atoms with E-state index in [1.165, 1.54) is 0 Å². The number of hydrogen-bond donors (Lipinski definition) is 2. The second-order valence-corrected chi connectivity index (χ2v) is 4.99. The van der Waals surface area contributed by atoms with E-state index in [-0.39, 0.29) is 6.42 Å². The molecule has 0 unspecified atom stereocenters. The first-order chi connectivity index (χ1) is 6.18. The molecule has 84 valence electrons. The minimum absolute atomic E-state index is 0.170. The number of hydrogen-bond acceptors (Lipinski definition) is 2. The van der Waals surface area contributed by atoms with Gasteiger partial charge < -0.3 is 14.7 Å². The number of carbonyl (C=O) groups is 1. The van der Waals surface area contributed by atoms with Crippen LogP contribution in [0.15, 0.2) is 0 Å². The molecule has 0 aromatic carbocycles. The fourth-order valence-electron chi connectivity index (χ4n) is 1.85. The van der Waals surface area contributed by atoms with Crippen LogP contribution in [-0.4, -0.2) is 54.0 Å². The van der Waals surface area contributed by atoms with E-state index in [9.17, 15) is 9.90 Å². The lowest BCUT2D eigenvalue weighted by Gasteiger charge is -2.34. The molecule has 1 atom stereocenters. The van der Waals surface area contributed by atoms with Crippen molar-refractivity contribution >= 4 is 5.97 Å². The molecule has 0 fully saturated rings. The SMILES string of the molecule is CCC[C@@](O)(CC(=O)O)C[N+](C)(C)C. The minimum Gasteiger partial charge on any atom is -0.481 e. The molecule has 0 aromatic heterocycles. The van der Waals surface area contributed by atoms with E-state index in [0.717, 1.165) is 6.42 Å². The smallest absolute Gasteiger partial charge is 0.306 e. The number of aliphatic carboxylic acids is 1. The monoisotopic (exact) mass is 204 g/mol. The number of carboxylic acids is 1. The first kappa shape index (κ1) is 13.4. The van der Waals surface area contributed by atoms with E-state index in [2.05, 4.69) is 0 Å². The zero-order valence-electron chi connectivity index (χ0n) is 9.58. The van der Waals surface area contributed by atoms with Gasteiger partial charge in [0.2, 0.25) is 0 Å². The first-order valence-electron chi connectivity index (χ1n) is 4.93. The van der Waals surface area contributed by atoms with Crippen molar-refractivity contribution in [1.29, 1.82) is 0 Å². The summed E-state index contributed by atoms with van der Waals surface area (Å²) in [7, 11) is 5.84. The van der Waals surface area contributed by atoms with E-state index in [4.69, 9.17) is 5.11 Å². The van der Waals surface area contributed by atoms with Gasteiger partial charge in [-0.15, -0.1) is 0 Å². The molecule has 14 heavy (non-hydrogen) atoms. The summed E-state index contributed by atoms with van der Waals surface area (Å²) in [5.41, 5.74) is -1.07. The topological polar surface area (TPSA) is 57.5 Å². The van der Waals surface area contributed by atoms with E-state index in [0.29, 0.717) is 17.4 Å². The number of nitrogens with zero attached hydrogens (tertiary/aromatic N) is 1. The molecule has 0 radical (unpaired) electrons. The quantitative estimate of drug-likeness (QED) is 0.626. The average molecular weight is 204 g/mol. The molecule has 0 bridgehead atoms. The lowest BCUT2D eigenvalue weighted by atomic mass is 9.93. The van der Waals surface area contributed by atoms with Gasteiger partial charge >= 0.3 is 5.97 Å². The lowest BCUT2D eigenvalue weighted by molar-refractivity contribution is -0.877. The van der Waals surface area contributed by atoms with Crippen molar-refractivity contribution in [3.05, 3.63) is 0 Å². The fourth-order valence-corrected chi connectivity index (χ4v) is 1.85. The van der Waals surface area contributed by atoms with Gasteiger partial charge in [-0.3, -0.25) is 4.79 Å². The number of quaternary nitrogens is 1. The number of rotatable bonds is 6. The van der Waals surface area contributed by atoms with Crippen molar-refractivity contribution in [2.24, 2.45) is 0 Å². The second-order valence-electron chi connectivity index (χ2n) is 4.99. The number of aliphatic hydroxyl groups is 1. The summed E-state index contributed by atoms with van der Waals surface area (Å²) in [4.78, 5) is 10.6. The van der Waals surface area contributed by atoms with Crippen molar-refractivity contribution in [2.45, 2.75) is 31.8 Å². The van der Waals surface area contributed by atoms with Gasteiger partial charge in [0.15, 0.2) is 0 Å². The van der Waals surface area contributed by atoms with Crippen LogP contribution in [0.25, 0.3) is 0 Å². The molecule has 0 aliphatic carbocycles. The molecule has 0 aliphatic rings. The largest absolute Gasteiger partial charge is 0.481 e. The third kappa shape index (κ3) is 5.94. The zero-order valence-corrected chi connectivity index (χ0v) is 9.58. The number of carboxylic acid groups (broad SMARTS) is 1. The highest BCUT2D eigenvalue weighted by Gasteiger charge is 2.34. The molecule has 4 heteroatoms. The van der Waals surface area contributed by atoms with Gasteiger partial charge in [0.05, 0.1) is 27.6 Å². The lowest BCUT2D eigenvalue weighted by Crippen LogP contribution is -2.50. The van der Waals surface area contributed by atoms with Crippen LogP contribution >= 0.6 is 0 Å². The fraction of sp³-hybridized carbons (Fsp3) is 0.900. The molecule has 2 N–H and O–H groups in total. The van der Waals surface area contributed by atoms with Crippen molar-refractivity contribution in [2.75, 3.05) is 27.7 Å². The summed E-state index contributed by atoms with van der Waals surface area (Å²) >= 11 is 0. The normalized spacial score (nSPS) is 16.4. The Labute approximate surface area is 85.7 Å². The van der Waals surface area contributed by atoms with Gasteiger partial charge in [-0.05, 0) is 6.42 Å². The Morgan fingerprint density at radius 2 is 1.86 bits per heavy atom. The Morgan fingerprint density at radius 1 is 1.36 bits per heavy atom. The average Bonchev–Trinajstić information content (AvgIpc) is 1.78. The van der Waals surface area contributed by atoms with Crippen molar-refractivity contribution < 1.29 is 19.5 Å². The summed E-state index contributed by atoms with van der Waals surface area (Å²) in [5.74, 6) is -0.936. The van der Waals surface area contributed by atoms with Gasteiger partial charge in [-0.1, -0.05) is 13.3 Å². The summed E-state index contributed by atoms with van der Waals surface area (Å²) in [6.45, 7) is 2.41. The molecule has 0 aromatic rings. The molecular formula is C10H22NO3+. The Balaban J connectivity index is 4.46. The highest BCUT2D eigenvalue weighted by Crippen LogP contribution is 2.20. The molecular weight excluding hydrogens is 182 g/mol. The van der Waals surface area contributed by atoms with Crippen LogP contribution in [0.2, 0.25) is 0 Å². The van der Waals surface area contributed by atoms with Crippen molar-refractivity contribution in [3.63, 3.8) is 0 Å². The Morgan fingerprint density at radius 3 is 2.14 bits per heavy atom. The van der Waals surface area contributed by atoms with E-state index >= 15 is 0 Å². The van der Waals surface area contributed by atoms with E-state index < -0.39 is 11.6 Å². The Hall–Kier alpha value is -0.610. The zero-order chi connectivity index (χ0) is 11.4. The van der Waals surface area contributed by atoms with Gasteiger partial charge in [-0.25, -0.2) is 0 Å². The molecule has 0 rings (SSSR count). The molecule has 0 heterocycles. The summed E-state index contributed by atoms with van der Waals surface area (Å²) in [6.07, 6.45) is 1.16. The van der Waals surface area contributed by atoms with Gasteiger partial charge in [-0.2, -0.15) is 0 Å². The Bertz CT molecular complexity index is 198. The second kappa shape index (κ2) is 4.75. The molecule has 0 saturated heterocycles. The van der Waals surface area contributed by atoms with Crippen molar-refractivity contribution in [1.82, 2.24) is 0 Å². The highest BCUT2D eigenvalue weighted by atomic mass is 16.4. The summed E-state index contributed by atoms with van der Waals surface area (Å²) < 4.78 is 0.573. The van der Waals surface area contributed by atoms with Crippen LogP contribution in [0.4, 0.5) is 0 Å². The van der Waals surface area contributed by atoms with Crippen LogP contribution in [0.1, 0.15) is 26.2 Å². The van der Waals surface area contributed by atoms with Gasteiger partial charge in [0.1, 0.15) is 12.1 Å². The standard InChI is InChI=1S/C10H21NO3/c1-5-6-10(14,7-9(12)13)8-11(2,3)4/h14H,5-8H2,1-4H3/p+1/t10-/m1/s1. The van der Waals surface area contributed by atoms with Gasteiger partial charge in [0, 0.05) is 0 Å². The maximum atomic E-state index is 10.6. The van der Waals surface area contributed by atoms with Crippen LogP contribution in [-0.2, 0) is 4.79 Å². The molecule has 4 nitrogen and oxygen atoms in total. The minimum atomic E-state index is -1.07. The first-order valence-corrected chi connectivity index (χ1v) is 4.93. The summed E-state index contributed by atoms with van der Waals surface area (Å²) in [6, 6.07) is 0. The molecule has 0 aliphatic heterocycles. The van der Waals surface area contributed by atoms with E-state index in [1.807, 2.05) is 28.1 Å². The number of likely N-dealkylation sites (N-methyl/N-ethyl adjacent to an activating group) is 1. The summed E-state index contributed by atoms with van der Waals surface area (Å²) in [5, 5.41) is 18.8. The van der Waals surface area contributed by atoms with Gasteiger partial charge in [0.25, 0.3) is 0 Å². The maximum absolute atomic E-state index is 10.6. The van der Waals surface area contributed by atoms with Crippen molar-refractivity contribution in [3.8, 4) is 0 Å². The highest BCUT2D eigenvalue weighted by molar-refractivity contribution is 5.68. The maximum Gasteiger partial charge on any atom is 0.306 e. The third-order valence-electron chi connectivity index (χ3n) is 1.96. The molecule has 0 amide bonds. The van der Waals surface area contributed by atoms with E-state index in [1.54, 1.807) is 0 Å². The van der Waals surface area contributed by atoms with Crippen LogP contribution in [0.3, 0.4) is 0 Å². The van der Waals surface area contributed by atoms with Crippen LogP contribution in [0.5, 0.6) is 0 Å². The molecule has 0 spiro atoms. The van der Waals surface area contributed by atoms with Crippen LogP contribution < -0.4 is 0 Å². The predicted molar refractivity (Wildman–Crippen MR) is 55.0 cm³/mol. The third-order valence-corrected chi connectivity index (χ3v) is 1.96. The predicted octanol–water partition coefficient (Wildman–Crippen LogP) is 0.698. The van der Waals surface area contributed by atoms with Crippen LogP contribution in [0, 0.1) is 0 Å². The Kier molecular flexibility index (Phi) is 4.55. The molecule has 0 saturated carbocycles.